The van der Waals surface area contributed by atoms with E-state index in [4.69, 9.17) is 28.9 Å². The summed E-state index contributed by atoms with van der Waals surface area (Å²) in [6.45, 7) is 6.70. The van der Waals surface area contributed by atoms with Gasteiger partial charge in [0, 0.05) is 17.7 Å². The summed E-state index contributed by atoms with van der Waals surface area (Å²) in [6.07, 6.45) is 0.0248. The molecule has 0 aromatic heterocycles. The number of nitrogens with zero attached hydrogens (tertiary/aromatic N) is 1. The van der Waals surface area contributed by atoms with Gasteiger partial charge in [0.15, 0.2) is 0 Å². The van der Waals surface area contributed by atoms with Gasteiger partial charge in [-0.05, 0) is 60.8 Å². The molecule has 1 atom stereocenters. The summed E-state index contributed by atoms with van der Waals surface area (Å²) in [4.78, 5) is 41.6. The Hall–Kier alpha value is -3.39. The summed E-state index contributed by atoms with van der Waals surface area (Å²) in [5.74, 6) is -0.929. The maximum atomic E-state index is 14.0. The highest BCUT2D eigenvalue weighted by molar-refractivity contribution is 6.42. The molecule has 1 unspecified atom stereocenters. The highest BCUT2D eigenvalue weighted by Crippen LogP contribution is 2.40. The predicted molar refractivity (Wildman–Crippen MR) is 152 cm³/mol. The van der Waals surface area contributed by atoms with E-state index >= 15 is 0 Å². The fourth-order valence-corrected chi connectivity index (χ4v) is 4.49. The molecule has 4 rings (SSSR count). The van der Waals surface area contributed by atoms with Crippen LogP contribution in [0.1, 0.15) is 58.2 Å². The monoisotopic (exact) mass is 552 g/mol. The van der Waals surface area contributed by atoms with Crippen LogP contribution in [0, 0.1) is 12.3 Å². The predicted octanol–water partition coefficient (Wildman–Crippen LogP) is 5.75. The lowest BCUT2D eigenvalue weighted by molar-refractivity contribution is -0.116. The first-order valence-electron chi connectivity index (χ1n) is 12.3. The van der Waals surface area contributed by atoms with Crippen molar-refractivity contribution < 1.29 is 14.4 Å². The molecule has 0 saturated heterocycles. The Bertz CT molecular complexity index is 1390. The van der Waals surface area contributed by atoms with Crippen LogP contribution in [0.25, 0.3) is 0 Å². The molecular weight excluding hydrogens is 523 g/mol. The molecule has 3 aromatic carbocycles. The second-order valence-electron chi connectivity index (χ2n) is 10.3. The van der Waals surface area contributed by atoms with Crippen molar-refractivity contribution in [3.05, 3.63) is 93.0 Å². The van der Waals surface area contributed by atoms with E-state index in [1.165, 1.54) is 6.07 Å². The number of nitrogens with one attached hydrogen (secondary N) is 2. The van der Waals surface area contributed by atoms with Crippen molar-refractivity contribution in [1.82, 2.24) is 5.32 Å². The van der Waals surface area contributed by atoms with Crippen LogP contribution in [0.4, 0.5) is 11.4 Å². The zero-order chi connectivity index (χ0) is 27.6. The van der Waals surface area contributed by atoms with E-state index in [0.29, 0.717) is 40.6 Å². The number of amides is 3. The smallest absolute Gasteiger partial charge is 0.258 e. The van der Waals surface area contributed by atoms with Crippen molar-refractivity contribution in [3.8, 4) is 0 Å². The Morgan fingerprint density at radius 1 is 1.03 bits per heavy atom. The van der Waals surface area contributed by atoms with Gasteiger partial charge in [-0.2, -0.15) is 0 Å². The van der Waals surface area contributed by atoms with Crippen molar-refractivity contribution in [2.24, 2.45) is 11.1 Å². The van der Waals surface area contributed by atoms with Crippen molar-refractivity contribution >= 4 is 52.3 Å². The molecule has 0 bridgehead atoms. The quantitative estimate of drug-likeness (QED) is 0.362. The number of hydrogen-bond acceptors (Lipinski definition) is 4. The van der Waals surface area contributed by atoms with Gasteiger partial charge < -0.3 is 16.4 Å². The van der Waals surface area contributed by atoms with E-state index in [2.05, 4.69) is 10.6 Å². The zero-order valence-corrected chi connectivity index (χ0v) is 23.0. The first-order valence-corrected chi connectivity index (χ1v) is 13.0. The molecular formula is C29H30Cl2N4O3. The van der Waals surface area contributed by atoms with Crippen LogP contribution < -0.4 is 21.3 Å². The first kappa shape index (κ1) is 27.6. The highest BCUT2D eigenvalue weighted by atomic mass is 35.5. The van der Waals surface area contributed by atoms with Crippen LogP contribution in [0.5, 0.6) is 0 Å². The summed E-state index contributed by atoms with van der Waals surface area (Å²) in [7, 11) is 0. The number of fused-ring (bicyclic) bond motifs is 1. The van der Waals surface area contributed by atoms with Crippen molar-refractivity contribution in [2.45, 2.75) is 33.2 Å². The van der Waals surface area contributed by atoms with E-state index in [1.54, 1.807) is 35.2 Å². The molecule has 38 heavy (non-hydrogen) atoms. The minimum atomic E-state index is -0.594. The lowest BCUT2D eigenvalue weighted by atomic mass is 9.94. The van der Waals surface area contributed by atoms with Gasteiger partial charge in [0.05, 0.1) is 33.9 Å². The van der Waals surface area contributed by atoms with Crippen LogP contribution in [0.3, 0.4) is 0 Å². The van der Waals surface area contributed by atoms with Gasteiger partial charge in [0.2, 0.25) is 5.91 Å². The minimum absolute atomic E-state index is 0.0248. The molecule has 0 spiro atoms. The topological polar surface area (TPSA) is 105 Å². The van der Waals surface area contributed by atoms with Crippen LogP contribution >= 0.6 is 23.2 Å². The van der Waals surface area contributed by atoms with Crippen LogP contribution in [0.15, 0.2) is 60.7 Å². The number of halogens is 2. The van der Waals surface area contributed by atoms with E-state index in [1.807, 2.05) is 45.0 Å². The molecule has 1 aliphatic rings. The summed E-state index contributed by atoms with van der Waals surface area (Å²) < 4.78 is 0. The molecule has 198 valence electrons. The van der Waals surface area contributed by atoms with Crippen molar-refractivity contribution in [1.29, 1.82) is 0 Å². The third-order valence-electron chi connectivity index (χ3n) is 6.61. The minimum Gasteiger partial charge on any atom is -0.351 e. The van der Waals surface area contributed by atoms with Gasteiger partial charge in [-0.15, -0.1) is 0 Å². The van der Waals surface area contributed by atoms with Gasteiger partial charge in [0.1, 0.15) is 0 Å². The van der Waals surface area contributed by atoms with Gasteiger partial charge in [-0.1, -0.05) is 66.9 Å². The molecule has 1 heterocycles. The average molecular weight is 553 g/mol. The fourth-order valence-electron chi connectivity index (χ4n) is 4.19. The van der Waals surface area contributed by atoms with Crippen molar-refractivity contribution in [2.75, 3.05) is 23.3 Å². The second-order valence-corrected chi connectivity index (χ2v) is 11.1. The highest BCUT2D eigenvalue weighted by Gasteiger charge is 2.35. The molecule has 7 nitrogen and oxygen atoms in total. The average Bonchev–Trinajstić information content (AvgIpc) is 3.04. The molecule has 0 radical (unpaired) electrons. The van der Waals surface area contributed by atoms with E-state index in [9.17, 15) is 14.4 Å². The number of rotatable bonds is 6. The molecule has 0 saturated carbocycles. The summed E-state index contributed by atoms with van der Waals surface area (Å²) in [6, 6.07) is 16.7. The number of nitrogens with two attached hydrogens (primary N) is 1. The third kappa shape index (κ3) is 6.01. The summed E-state index contributed by atoms with van der Waals surface area (Å²) >= 11 is 12.3. The van der Waals surface area contributed by atoms with Gasteiger partial charge in [-0.25, -0.2) is 0 Å². The lowest BCUT2D eigenvalue weighted by Gasteiger charge is -2.31. The van der Waals surface area contributed by atoms with Gasteiger partial charge >= 0.3 is 0 Å². The van der Waals surface area contributed by atoms with Gasteiger partial charge in [0.25, 0.3) is 11.8 Å². The summed E-state index contributed by atoms with van der Waals surface area (Å²) in [5.41, 5.74) is 8.89. The lowest BCUT2D eigenvalue weighted by Crippen LogP contribution is -2.38. The van der Waals surface area contributed by atoms with Crippen LogP contribution in [-0.2, 0) is 4.79 Å². The SMILES string of the molecule is Cc1ccc(C2CC(=O)Nc3cc(C(=O)NCC(C)(C)CN)ccc3N2C(=O)c2ccc(Cl)c(Cl)c2)cc1. The Kier molecular flexibility index (Phi) is 8.11. The number of benzene rings is 3. The normalized spacial score (nSPS) is 15.4. The third-order valence-corrected chi connectivity index (χ3v) is 7.35. The van der Waals surface area contributed by atoms with Crippen LogP contribution in [0.2, 0.25) is 10.0 Å². The molecule has 3 aromatic rings. The van der Waals surface area contributed by atoms with E-state index in [0.717, 1.165) is 11.1 Å². The molecule has 4 N–H and O–H groups in total. The Morgan fingerprint density at radius 3 is 2.37 bits per heavy atom. The maximum absolute atomic E-state index is 14.0. The number of hydrogen-bond donors (Lipinski definition) is 3. The summed E-state index contributed by atoms with van der Waals surface area (Å²) in [5, 5.41) is 6.37. The molecule has 1 aliphatic heterocycles. The van der Waals surface area contributed by atoms with E-state index < -0.39 is 6.04 Å². The van der Waals surface area contributed by atoms with Crippen LogP contribution in [-0.4, -0.2) is 30.8 Å². The Morgan fingerprint density at radius 2 is 1.71 bits per heavy atom. The Labute approximate surface area is 232 Å². The zero-order valence-electron chi connectivity index (χ0n) is 21.5. The molecule has 3 amide bonds. The van der Waals surface area contributed by atoms with E-state index in [-0.39, 0.29) is 34.6 Å². The molecule has 0 fully saturated rings. The number of carbonyl (C=O) groups excluding carboxylic acids is 3. The second kappa shape index (κ2) is 11.2. The number of aryl methyl sites for hydroxylation is 1. The first-order chi connectivity index (χ1) is 18.0. The Balaban J connectivity index is 1.79. The number of carbonyl (C=O) groups is 3. The molecule has 0 aliphatic carbocycles. The fraction of sp³-hybridized carbons (Fsp3) is 0.276. The molecule has 9 heteroatoms. The number of anilines is 2. The van der Waals surface area contributed by atoms with Gasteiger partial charge in [-0.3, -0.25) is 19.3 Å². The maximum Gasteiger partial charge on any atom is 0.258 e. The van der Waals surface area contributed by atoms with Crippen molar-refractivity contribution in [3.63, 3.8) is 0 Å². The standard InChI is InChI=1S/C29H30Cl2N4O3/c1-17-4-6-18(7-5-17)25-14-26(36)34-23-13-19(27(37)33-16-29(2,3)15-32)9-11-24(23)35(25)28(38)20-8-10-21(30)22(31)12-20/h4-13,25H,14-16,32H2,1-3H3,(H,33,37)(H,34,36). The largest absolute Gasteiger partial charge is 0.351 e.